The van der Waals surface area contributed by atoms with Gasteiger partial charge in [0.15, 0.2) is 6.61 Å². The Bertz CT molecular complexity index is 919. The predicted octanol–water partition coefficient (Wildman–Crippen LogP) is 4.66. The second kappa shape index (κ2) is 9.97. The third kappa shape index (κ3) is 6.15. The van der Waals surface area contributed by atoms with Crippen molar-refractivity contribution in [2.75, 3.05) is 6.61 Å². The van der Waals surface area contributed by atoms with Gasteiger partial charge in [0.05, 0.1) is 10.0 Å². The van der Waals surface area contributed by atoms with E-state index in [1.807, 2.05) is 36.4 Å². The summed E-state index contributed by atoms with van der Waals surface area (Å²) in [5.41, 5.74) is 1.96. The lowest BCUT2D eigenvalue weighted by molar-refractivity contribution is -0.123. The highest BCUT2D eigenvalue weighted by Crippen LogP contribution is 2.26. The van der Waals surface area contributed by atoms with Crippen LogP contribution in [-0.2, 0) is 17.9 Å². The van der Waals surface area contributed by atoms with E-state index in [1.165, 1.54) is 0 Å². The number of nitrogens with zero attached hydrogens (tertiary/aromatic N) is 1. The number of ether oxygens (including phenoxy) is 2. The summed E-state index contributed by atoms with van der Waals surface area (Å²) in [6, 6.07) is 16.2. The molecule has 0 atom stereocenters. The van der Waals surface area contributed by atoms with Gasteiger partial charge in [-0.05, 0) is 35.9 Å². The van der Waals surface area contributed by atoms with Crippen molar-refractivity contribution in [1.29, 1.82) is 0 Å². The Morgan fingerprint density at radius 3 is 2.43 bits per heavy atom. The maximum Gasteiger partial charge on any atom is 0.258 e. The maximum atomic E-state index is 11.9. The summed E-state index contributed by atoms with van der Waals surface area (Å²) in [6.07, 6.45) is 3.49. The Hall–Kier alpha value is -2.76. The molecular formula is C21H18Cl2N2O3. The highest BCUT2D eigenvalue weighted by atomic mass is 35.5. The van der Waals surface area contributed by atoms with Crippen LogP contribution in [0, 0.1) is 0 Å². The molecule has 1 aromatic heterocycles. The largest absolute Gasteiger partial charge is 0.489 e. The summed E-state index contributed by atoms with van der Waals surface area (Å²) in [6.45, 7) is 0.743. The van der Waals surface area contributed by atoms with Gasteiger partial charge in [-0.25, -0.2) is 0 Å². The smallest absolute Gasteiger partial charge is 0.258 e. The van der Waals surface area contributed by atoms with E-state index in [4.69, 9.17) is 32.7 Å². The average Bonchev–Trinajstić information content (AvgIpc) is 2.73. The van der Waals surface area contributed by atoms with Crippen LogP contribution in [0.4, 0.5) is 0 Å². The van der Waals surface area contributed by atoms with Crippen LogP contribution in [0.1, 0.15) is 11.1 Å². The molecular weight excluding hydrogens is 399 g/mol. The van der Waals surface area contributed by atoms with Crippen LogP contribution >= 0.6 is 23.2 Å². The van der Waals surface area contributed by atoms with Crippen molar-refractivity contribution in [1.82, 2.24) is 10.3 Å². The lowest BCUT2D eigenvalue weighted by Crippen LogP contribution is -2.28. The number of nitrogens with one attached hydrogen (secondary N) is 1. The number of halogens is 2. The number of hydrogen-bond acceptors (Lipinski definition) is 4. The van der Waals surface area contributed by atoms with E-state index in [-0.39, 0.29) is 12.5 Å². The van der Waals surface area contributed by atoms with Crippen molar-refractivity contribution < 1.29 is 14.3 Å². The molecule has 0 saturated heterocycles. The van der Waals surface area contributed by atoms with Gasteiger partial charge in [-0.15, -0.1) is 0 Å². The second-order valence-corrected chi connectivity index (χ2v) is 6.75. The molecule has 28 heavy (non-hydrogen) atoms. The van der Waals surface area contributed by atoms with Crippen LogP contribution < -0.4 is 14.8 Å². The van der Waals surface area contributed by atoms with Gasteiger partial charge in [0.2, 0.25) is 0 Å². The van der Waals surface area contributed by atoms with E-state index in [0.29, 0.717) is 28.9 Å². The fourth-order valence-electron chi connectivity index (χ4n) is 2.32. The molecule has 0 aliphatic rings. The molecule has 0 fully saturated rings. The zero-order valence-corrected chi connectivity index (χ0v) is 16.4. The van der Waals surface area contributed by atoms with Crippen LogP contribution in [0.15, 0.2) is 67.0 Å². The molecule has 3 aromatic rings. The number of carbonyl (C=O) groups is 1. The lowest BCUT2D eigenvalue weighted by atomic mass is 10.2. The topological polar surface area (TPSA) is 60.5 Å². The Balaban J connectivity index is 1.41. The van der Waals surface area contributed by atoms with Crippen LogP contribution in [0.2, 0.25) is 10.0 Å². The van der Waals surface area contributed by atoms with Gasteiger partial charge in [0, 0.05) is 30.6 Å². The molecule has 2 aromatic carbocycles. The monoisotopic (exact) mass is 416 g/mol. The van der Waals surface area contributed by atoms with Gasteiger partial charge in [0.1, 0.15) is 18.1 Å². The van der Waals surface area contributed by atoms with Gasteiger partial charge in [-0.1, -0.05) is 41.4 Å². The number of carbonyl (C=O) groups excluding carboxylic acids is 1. The van der Waals surface area contributed by atoms with E-state index in [9.17, 15) is 4.79 Å². The van der Waals surface area contributed by atoms with E-state index in [1.54, 1.807) is 30.6 Å². The maximum absolute atomic E-state index is 11.9. The highest BCUT2D eigenvalue weighted by Gasteiger charge is 2.05. The molecule has 0 saturated carbocycles. The summed E-state index contributed by atoms with van der Waals surface area (Å²) in [4.78, 5) is 16.0. The fourth-order valence-corrected chi connectivity index (χ4v) is 2.61. The minimum Gasteiger partial charge on any atom is -0.489 e. The molecule has 0 bridgehead atoms. The van der Waals surface area contributed by atoms with Gasteiger partial charge >= 0.3 is 0 Å². The van der Waals surface area contributed by atoms with Crippen molar-refractivity contribution in [3.63, 3.8) is 0 Å². The molecule has 7 heteroatoms. The van der Waals surface area contributed by atoms with Crippen LogP contribution in [0.3, 0.4) is 0 Å². The predicted molar refractivity (Wildman–Crippen MR) is 109 cm³/mol. The summed E-state index contributed by atoms with van der Waals surface area (Å²) in [7, 11) is 0. The van der Waals surface area contributed by atoms with Crippen LogP contribution in [0.5, 0.6) is 11.5 Å². The Kier molecular flexibility index (Phi) is 7.12. The first kappa shape index (κ1) is 20.0. The highest BCUT2D eigenvalue weighted by molar-refractivity contribution is 6.42. The summed E-state index contributed by atoms with van der Waals surface area (Å²) < 4.78 is 11.1. The Labute approximate surface area is 173 Å². The number of rotatable bonds is 8. The van der Waals surface area contributed by atoms with Crippen LogP contribution in [0.25, 0.3) is 0 Å². The van der Waals surface area contributed by atoms with E-state index in [2.05, 4.69) is 10.3 Å². The molecule has 1 amide bonds. The molecule has 0 aliphatic carbocycles. The zero-order chi connectivity index (χ0) is 19.8. The number of benzene rings is 2. The number of amides is 1. The molecule has 1 heterocycles. The van der Waals surface area contributed by atoms with Crippen molar-refractivity contribution in [3.05, 3.63) is 88.2 Å². The third-order valence-electron chi connectivity index (χ3n) is 3.80. The average molecular weight is 417 g/mol. The fraction of sp³-hybridized carbons (Fsp3) is 0.143. The van der Waals surface area contributed by atoms with E-state index in [0.717, 1.165) is 16.9 Å². The lowest BCUT2D eigenvalue weighted by Gasteiger charge is -2.09. The first-order valence-electron chi connectivity index (χ1n) is 8.55. The normalized spacial score (nSPS) is 10.4. The molecule has 5 nitrogen and oxygen atoms in total. The van der Waals surface area contributed by atoms with Crippen LogP contribution in [-0.4, -0.2) is 17.5 Å². The quantitative estimate of drug-likeness (QED) is 0.579. The molecule has 3 rings (SSSR count). The standard InChI is InChI=1S/C21H18Cl2N2O3/c22-19-8-7-18(10-20(19)23)28-14-21(26)25-12-15-3-5-17(6-4-15)27-13-16-2-1-9-24-11-16/h1-11H,12-14H2,(H,25,26). The first-order valence-corrected chi connectivity index (χ1v) is 9.31. The molecule has 0 spiro atoms. The van der Waals surface area contributed by atoms with Crippen molar-refractivity contribution in [2.45, 2.75) is 13.2 Å². The number of pyridine rings is 1. The summed E-state index contributed by atoms with van der Waals surface area (Å²) >= 11 is 11.8. The second-order valence-electron chi connectivity index (χ2n) is 5.94. The Morgan fingerprint density at radius 2 is 1.71 bits per heavy atom. The third-order valence-corrected chi connectivity index (χ3v) is 4.54. The van der Waals surface area contributed by atoms with Crippen molar-refractivity contribution in [2.24, 2.45) is 0 Å². The van der Waals surface area contributed by atoms with Crippen molar-refractivity contribution in [3.8, 4) is 11.5 Å². The van der Waals surface area contributed by atoms with Gasteiger partial charge in [0.25, 0.3) is 5.91 Å². The Morgan fingerprint density at radius 1 is 0.929 bits per heavy atom. The minimum absolute atomic E-state index is 0.107. The SMILES string of the molecule is O=C(COc1ccc(Cl)c(Cl)c1)NCc1ccc(OCc2cccnc2)cc1. The van der Waals surface area contributed by atoms with Gasteiger partial charge in [-0.2, -0.15) is 0 Å². The van der Waals surface area contributed by atoms with Gasteiger partial charge < -0.3 is 14.8 Å². The molecule has 1 N–H and O–H groups in total. The summed E-state index contributed by atoms with van der Waals surface area (Å²) in [5.74, 6) is 1.00. The molecule has 0 aliphatic heterocycles. The van der Waals surface area contributed by atoms with Crippen molar-refractivity contribution >= 4 is 29.1 Å². The molecule has 0 unspecified atom stereocenters. The number of hydrogen-bond donors (Lipinski definition) is 1. The van der Waals surface area contributed by atoms with Gasteiger partial charge in [-0.3, -0.25) is 9.78 Å². The summed E-state index contributed by atoms with van der Waals surface area (Å²) in [5, 5.41) is 3.62. The zero-order valence-electron chi connectivity index (χ0n) is 14.9. The first-order chi connectivity index (χ1) is 13.6. The van der Waals surface area contributed by atoms with E-state index < -0.39 is 0 Å². The molecule has 144 valence electrons. The minimum atomic E-state index is -0.233. The molecule has 0 radical (unpaired) electrons. The van der Waals surface area contributed by atoms with E-state index >= 15 is 0 Å². The number of aromatic nitrogens is 1.